The Labute approximate surface area is 107 Å². The number of nitrogens with one attached hydrogen (secondary N) is 1. The van der Waals surface area contributed by atoms with Crippen LogP contribution in [0, 0.1) is 5.41 Å². The summed E-state index contributed by atoms with van der Waals surface area (Å²) in [5, 5.41) is 10.9. The van der Waals surface area contributed by atoms with Gasteiger partial charge in [0.25, 0.3) is 0 Å². The monoisotopic (exact) mass is 248 g/mol. The molecule has 1 amide bonds. The Morgan fingerprint density at radius 1 is 1.50 bits per heavy atom. The van der Waals surface area contributed by atoms with E-state index >= 15 is 0 Å². The molecule has 0 fully saturated rings. The first-order valence-electron chi connectivity index (χ1n) is 6.11. The van der Waals surface area contributed by atoms with E-state index in [2.05, 4.69) is 29.5 Å². The van der Waals surface area contributed by atoms with Crippen LogP contribution in [0.5, 0.6) is 0 Å². The van der Waals surface area contributed by atoms with E-state index in [0.29, 0.717) is 0 Å². The first-order valence-corrected chi connectivity index (χ1v) is 6.11. The van der Waals surface area contributed by atoms with Crippen LogP contribution in [0.15, 0.2) is 17.8 Å². The van der Waals surface area contributed by atoms with Gasteiger partial charge in [0.1, 0.15) is 5.69 Å². The molecule has 5 nitrogen and oxygen atoms in total. The van der Waals surface area contributed by atoms with Crippen molar-refractivity contribution in [3.05, 3.63) is 23.5 Å². The summed E-state index contributed by atoms with van der Waals surface area (Å²) in [4.78, 5) is 12.1. The number of aryl methyl sites for hydroxylation is 1. The fourth-order valence-electron chi connectivity index (χ4n) is 2.14. The number of rotatable bonds is 3. The SMILES string of the molecule is Cn1cc(C(C)(C)NC(=O)C2=CC(C)(C)C2)nn1. The summed E-state index contributed by atoms with van der Waals surface area (Å²) < 4.78 is 1.63. The van der Waals surface area contributed by atoms with Crippen molar-refractivity contribution in [2.75, 3.05) is 0 Å². The molecule has 98 valence electrons. The smallest absolute Gasteiger partial charge is 0.247 e. The fourth-order valence-corrected chi connectivity index (χ4v) is 2.14. The van der Waals surface area contributed by atoms with Gasteiger partial charge in [-0.3, -0.25) is 9.48 Å². The largest absolute Gasteiger partial charge is 0.342 e. The van der Waals surface area contributed by atoms with Gasteiger partial charge < -0.3 is 5.32 Å². The molecule has 0 aliphatic heterocycles. The number of allylic oxidation sites excluding steroid dienone is 1. The molecule has 1 N–H and O–H groups in total. The maximum atomic E-state index is 12.1. The Balaban J connectivity index is 2.08. The molecular formula is C13H20N4O. The number of carbonyl (C=O) groups is 1. The lowest BCUT2D eigenvalue weighted by atomic mass is 9.74. The van der Waals surface area contributed by atoms with Crippen LogP contribution in [0.2, 0.25) is 0 Å². The number of nitrogens with zero attached hydrogens (tertiary/aromatic N) is 3. The molecule has 0 atom stereocenters. The van der Waals surface area contributed by atoms with Crippen molar-refractivity contribution in [2.24, 2.45) is 12.5 Å². The van der Waals surface area contributed by atoms with E-state index in [1.165, 1.54) is 0 Å². The van der Waals surface area contributed by atoms with Gasteiger partial charge in [-0.2, -0.15) is 0 Å². The maximum Gasteiger partial charge on any atom is 0.247 e. The van der Waals surface area contributed by atoms with Crippen molar-refractivity contribution in [1.82, 2.24) is 20.3 Å². The predicted molar refractivity (Wildman–Crippen MR) is 68.7 cm³/mol. The van der Waals surface area contributed by atoms with E-state index in [1.54, 1.807) is 4.68 Å². The predicted octanol–water partition coefficient (Wildman–Crippen LogP) is 1.52. The van der Waals surface area contributed by atoms with Gasteiger partial charge in [-0.1, -0.05) is 25.1 Å². The van der Waals surface area contributed by atoms with Gasteiger partial charge in [0.05, 0.1) is 11.7 Å². The minimum atomic E-state index is -0.508. The fraction of sp³-hybridized carbons (Fsp3) is 0.615. The zero-order valence-corrected chi connectivity index (χ0v) is 11.6. The van der Waals surface area contributed by atoms with Crippen LogP contribution in [-0.4, -0.2) is 20.9 Å². The highest BCUT2D eigenvalue weighted by Crippen LogP contribution is 2.38. The van der Waals surface area contributed by atoms with Gasteiger partial charge in [0.2, 0.25) is 5.91 Å². The number of aromatic nitrogens is 3. The summed E-state index contributed by atoms with van der Waals surface area (Å²) in [5.41, 5.74) is 1.27. The summed E-state index contributed by atoms with van der Waals surface area (Å²) in [6.45, 7) is 8.10. The number of carbonyl (C=O) groups excluding carboxylic acids is 1. The van der Waals surface area contributed by atoms with Crippen molar-refractivity contribution < 1.29 is 4.79 Å². The Morgan fingerprint density at radius 3 is 2.56 bits per heavy atom. The lowest BCUT2D eigenvalue weighted by molar-refractivity contribution is -0.120. The third-order valence-electron chi connectivity index (χ3n) is 3.17. The summed E-state index contributed by atoms with van der Waals surface area (Å²) in [6.07, 6.45) is 4.67. The molecule has 2 rings (SSSR count). The lowest BCUT2D eigenvalue weighted by Crippen LogP contribution is -2.44. The first-order chi connectivity index (χ1) is 8.20. The maximum absolute atomic E-state index is 12.1. The summed E-state index contributed by atoms with van der Waals surface area (Å²) in [6, 6.07) is 0. The summed E-state index contributed by atoms with van der Waals surface area (Å²) in [7, 11) is 1.81. The second kappa shape index (κ2) is 3.93. The van der Waals surface area contributed by atoms with Crippen LogP contribution in [0.4, 0.5) is 0 Å². The average Bonchev–Trinajstić information content (AvgIpc) is 2.61. The summed E-state index contributed by atoms with van der Waals surface area (Å²) in [5.74, 6) is -0.00928. The molecule has 1 aromatic rings. The quantitative estimate of drug-likeness (QED) is 0.882. The highest BCUT2D eigenvalue weighted by atomic mass is 16.1. The molecule has 0 radical (unpaired) electrons. The molecule has 0 unspecified atom stereocenters. The van der Waals surface area contributed by atoms with E-state index in [4.69, 9.17) is 0 Å². The molecule has 5 heteroatoms. The van der Waals surface area contributed by atoms with Crippen molar-refractivity contribution in [1.29, 1.82) is 0 Å². The van der Waals surface area contributed by atoms with E-state index in [0.717, 1.165) is 17.7 Å². The highest BCUT2D eigenvalue weighted by molar-refractivity contribution is 5.95. The van der Waals surface area contributed by atoms with Crippen molar-refractivity contribution in [3.63, 3.8) is 0 Å². The lowest BCUT2D eigenvalue weighted by Gasteiger charge is -2.34. The third-order valence-corrected chi connectivity index (χ3v) is 3.17. The van der Waals surface area contributed by atoms with Crippen LogP contribution in [0.1, 0.15) is 39.8 Å². The van der Waals surface area contributed by atoms with Gasteiger partial charge in [-0.05, 0) is 25.7 Å². The number of hydrogen-bond acceptors (Lipinski definition) is 3. The van der Waals surface area contributed by atoms with Crippen LogP contribution < -0.4 is 5.32 Å². The van der Waals surface area contributed by atoms with Gasteiger partial charge >= 0.3 is 0 Å². The van der Waals surface area contributed by atoms with Crippen LogP contribution >= 0.6 is 0 Å². The Bertz CT molecular complexity index is 511. The number of amides is 1. The minimum absolute atomic E-state index is 0.00928. The van der Waals surface area contributed by atoms with Crippen LogP contribution in [0.25, 0.3) is 0 Å². The molecule has 0 aromatic carbocycles. The van der Waals surface area contributed by atoms with Crippen molar-refractivity contribution >= 4 is 5.91 Å². The molecule has 0 saturated carbocycles. The normalized spacial score (nSPS) is 17.9. The number of hydrogen-bond donors (Lipinski definition) is 1. The molecule has 1 heterocycles. The second-order valence-electron chi connectivity index (χ2n) is 6.19. The van der Waals surface area contributed by atoms with E-state index in [-0.39, 0.29) is 11.3 Å². The standard InChI is InChI=1S/C13H20N4O/c1-12(2)6-9(7-12)11(18)14-13(3,4)10-8-17(5)16-15-10/h6,8H,7H2,1-5H3,(H,14,18). The van der Waals surface area contributed by atoms with Crippen LogP contribution in [-0.2, 0) is 17.4 Å². The molecule has 0 bridgehead atoms. The molecule has 0 spiro atoms. The molecule has 1 aromatic heterocycles. The molecule has 1 aliphatic carbocycles. The van der Waals surface area contributed by atoms with Gasteiger partial charge in [-0.25, -0.2) is 0 Å². The van der Waals surface area contributed by atoms with E-state index in [1.807, 2.05) is 33.2 Å². The Morgan fingerprint density at radius 2 is 2.11 bits per heavy atom. The van der Waals surface area contributed by atoms with E-state index in [9.17, 15) is 4.79 Å². The zero-order valence-electron chi connectivity index (χ0n) is 11.6. The van der Waals surface area contributed by atoms with Crippen molar-refractivity contribution in [2.45, 2.75) is 39.7 Å². The van der Waals surface area contributed by atoms with Gasteiger partial charge in [0.15, 0.2) is 0 Å². The first kappa shape index (κ1) is 12.8. The zero-order chi connectivity index (χ0) is 13.6. The topological polar surface area (TPSA) is 59.8 Å². The summed E-state index contributed by atoms with van der Waals surface area (Å²) >= 11 is 0. The highest BCUT2D eigenvalue weighted by Gasteiger charge is 2.34. The third kappa shape index (κ3) is 2.44. The van der Waals surface area contributed by atoms with E-state index < -0.39 is 5.54 Å². The molecule has 0 saturated heterocycles. The van der Waals surface area contributed by atoms with Gasteiger partial charge in [0, 0.05) is 12.6 Å². The van der Waals surface area contributed by atoms with Crippen molar-refractivity contribution in [3.8, 4) is 0 Å². The minimum Gasteiger partial charge on any atom is -0.342 e. The van der Waals surface area contributed by atoms with Crippen LogP contribution in [0.3, 0.4) is 0 Å². The Kier molecular flexibility index (Phi) is 2.80. The average molecular weight is 248 g/mol. The molecular weight excluding hydrogens is 228 g/mol. The molecule has 1 aliphatic rings. The van der Waals surface area contributed by atoms with Gasteiger partial charge in [-0.15, -0.1) is 5.10 Å². The molecule has 18 heavy (non-hydrogen) atoms. The Hall–Kier alpha value is -1.65. The second-order valence-corrected chi connectivity index (χ2v) is 6.19.